The molecule has 3 atom stereocenters. The molecule has 7 rings (SSSR count). The first-order valence-electron chi connectivity index (χ1n) is 15.1. The Labute approximate surface area is 251 Å². The number of rotatable bonds is 5. The van der Waals surface area contributed by atoms with Crippen molar-refractivity contribution >= 4 is 38.7 Å². The van der Waals surface area contributed by atoms with Gasteiger partial charge < -0.3 is 19.5 Å². The van der Waals surface area contributed by atoms with Crippen LogP contribution in [-0.2, 0) is 6.54 Å². The maximum Gasteiger partial charge on any atom is 0.251 e. The van der Waals surface area contributed by atoms with Gasteiger partial charge in [-0.3, -0.25) is 4.79 Å². The van der Waals surface area contributed by atoms with Gasteiger partial charge in [0, 0.05) is 46.0 Å². The molecule has 5 aromatic rings. The number of methoxy groups -OCH3 is 2. The Kier molecular flexibility index (Phi) is 6.64. The molecular weight excluding hydrogens is 538 g/mol. The van der Waals surface area contributed by atoms with Gasteiger partial charge in [-0.1, -0.05) is 37.6 Å². The Morgan fingerprint density at radius 2 is 1.74 bits per heavy atom. The first-order valence-corrected chi connectivity index (χ1v) is 15.1. The molecule has 1 saturated carbocycles. The average Bonchev–Trinajstić information content (AvgIpc) is 3.02. The summed E-state index contributed by atoms with van der Waals surface area (Å²) in [5, 5.41) is 5.11. The average molecular weight is 576 g/mol. The third-order valence-electron chi connectivity index (χ3n) is 9.53. The van der Waals surface area contributed by atoms with Crippen LogP contribution >= 0.6 is 0 Å². The van der Waals surface area contributed by atoms with Crippen molar-refractivity contribution in [3.63, 3.8) is 0 Å². The molecule has 0 radical (unpaired) electrons. The van der Waals surface area contributed by atoms with Gasteiger partial charge >= 0.3 is 0 Å². The number of benzene rings is 4. The highest BCUT2D eigenvalue weighted by Crippen LogP contribution is 2.56. The first-order chi connectivity index (χ1) is 20.8. The van der Waals surface area contributed by atoms with Crippen molar-refractivity contribution in [3.8, 4) is 17.2 Å². The molecule has 7 nitrogen and oxygen atoms in total. The Morgan fingerprint density at radius 3 is 2.53 bits per heavy atom. The van der Waals surface area contributed by atoms with Crippen LogP contribution < -0.4 is 19.5 Å². The van der Waals surface area contributed by atoms with Crippen molar-refractivity contribution in [2.45, 2.75) is 58.1 Å². The van der Waals surface area contributed by atoms with Crippen molar-refractivity contribution in [1.29, 1.82) is 0 Å². The summed E-state index contributed by atoms with van der Waals surface area (Å²) in [7, 11) is 3.22. The molecule has 1 N–H and O–H groups in total. The number of aromatic nitrogens is 2. The van der Waals surface area contributed by atoms with Crippen molar-refractivity contribution in [1.82, 2.24) is 15.3 Å². The van der Waals surface area contributed by atoms with Gasteiger partial charge in [0.15, 0.2) is 0 Å². The van der Waals surface area contributed by atoms with Crippen LogP contribution in [0.15, 0.2) is 60.7 Å². The van der Waals surface area contributed by atoms with E-state index in [2.05, 4.69) is 44.3 Å². The summed E-state index contributed by atoms with van der Waals surface area (Å²) >= 11 is 0. The number of hydrogen-bond donors (Lipinski definition) is 1. The molecule has 43 heavy (non-hydrogen) atoms. The van der Waals surface area contributed by atoms with Crippen LogP contribution in [0.5, 0.6) is 17.2 Å². The fourth-order valence-corrected chi connectivity index (χ4v) is 7.31. The van der Waals surface area contributed by atoms with Gasteiger partial charge in [-0.25, -0.2) is 9.97 Å². The van der Waals surface area contributed by atoms with Gasteiger partial charge in [0.05, 0.1) is 36.3 Å². The molecule has 1 aromatic heterocycles. The summed E-state index contributed by atoms with van der Waals surface area (Å²) in [4.78, 5) is 23.7. The molecule has 2 aliphatic rings. The molecule has 1 aliphatic carbocycles. The number of nitrogens with zero attached hydrogens (tertiary/aromatic N) is 2. The van der Waals surface area contributed by atoms with E-state index in [0.717, 1.165) is 51.5 Å². The van der Waals surface area contributed by atoms with Gasteiger partial charge in [-0.05, 0) is 68.9 Å². The Bertz CT molecular complexity index is 1900. The summed E-state index contributed by atoms with van der Waals surface area (Å²) in [6, 6.07) is 19.5. The van der Waals surface area contributed by atoms with Crippen LogP contribution in [-0.4, -0.2) is 35.7 Å². The molecule has 0 spiro atoms. The Balaban J connectivity index is 1.31. The van der Waals surface area contributed by atoms with Crippen molar-refractivity contribution in [2.24, 2.45) is 11.8 Å². The number of ether oxygens (including phenoxy) is 3. The van der Waals surface area contributed by atoms with E-state index in [1.54, 1.807) is 14.2 Å². The van der Waals surface area contributed by atoms with E-state index in [9.17, 15) is 4.79 Å². The highest BCUT2D eigenvalue weighted by molar-refractivity contribution is 6.11. The molecule has 1 fully saturated rings. The highest BCUT2D eigenvalue weighted by atomic mass is 16.5. The summed E-state index contributed by atoms with van der Waals surface area (Å²) in [6.45, 7) is 7.17. The van der Waals surface area contributed by atoms with E-state index in [1.165, 1.54) is 12.0 Å². The second kappa shape index (κ2) is 10.4. The van der Waals surface area contributed by atoms with E-state index in [1.807, 2.05) is 42.5 Å². The van der Waals surface area contributed by atoms with E-state index in [4.69, 9.17) is 24.2 Å². The molecule has 0 saturated heterocycles. The molecule has 1 unspecified atom stereocenters. The lowest BCUT2D eigenvalue weighted by atomic mass is 9.64. The van der Waals surface area contributed by atoms with Crippen LogP contribution in [0.1, 0.15) is 67.4 Å². The van der Waals surface area contributed by atoms with Crippen LogP contribution in [0.3, 0.4) is 0 Å². The molecule has 220 valence electrons. The summed E-state index contributed by atoms with van der Waals surface area (Å²) in [5.74, 6) is 3.57. The zero-order valence-corrected chi connectivity index (χ0v) is 25.4. The van der Waals surface area contributed by atoms with Crippen LogP contribution in [0.25, 0.3) is 32.8 Å². The number of fused-ring (bicyclic) bond motifs is 9. The van der Waals surface area contributed by atoms with E-state index < -0.39 is 0 Å². The molecular formula is C36H37N3O4. The van der Waals surface area contributed by atoms with E-state index >= 15 is 0 Å². The van der Waals surface area contributed by atoms with Gasteiger partial charge in [-0.2, -0.15) is 0 Å². The zero-order chi connectivity index (χ0) is 29.9. The Morgan fingerprint density at radius 1 is 0.953 bits per heavy atom. The second-order valence-corrected chi connectivity index (χ2v) is 12.6. The normalized spacial score (nSPS) is 20.7. The minimum absolute atomic E-state index is 0.188. The van der Waals surface area contributed by atoms with Gasteiger partial charge in [0.25, 0.3) is 5.91 Å². The van der Waals surface area contributed by atoms with E-state index in [-0.39, 0.29) is 11.5 Å². The predicted octanol–water partition coefficient (Wildman–Crippen LogP) is 7.57. The zero-order valence-electron chi connectivity index (χ0n) is 25.4. The molecule has 4 aromatic carbocycles. The minimum atomic E-state index is -0.253. The monoisotopic (exact) mass is 575 g/mol. The van der Waals surface area contributed by atoms with Gasteiger partial charge in [0.2, 0.25) is 0 Å². The molecule has 1 amide bonds. The molecule has 0 bridgehead atoms. The largest absolute Gasteiger partial charge is 0.497 e. The number of amides is 1. The number of carbonyl (C=O) groups is 1. The lowest BCUT2D eigenvalue weighted by Crippen LogP contribution is -2.46. The van der Waals surface area contributed by atoms with Crippen LogP contribution in [0.4, 0.5) is 0 Å². The lowest BCUT2D eigenvalue weighted by Gasteiger charge is -2.49. The predicted molar refractivity (Wildman–Crippen MR) is 169 cm³/mol. The summed E-state index contributed by atoms with van der Waals surface area (Å²) < 4.78 is 17.6. The standard InChI is InChI=1S/C36H37N3O4/c1-20-10-14-27-26(16-20)31-33-32(24-8-6-7-9-25(24)34(31)43-36(27,2)3)39-29-17-21(12-15-28(29)38-33)35(40)37-19-22-11-13-23(41-4)18-30(22)42-5/h6-9,11-13,15,17-18,20,26-27H,10,14,16,19H2,1-5H3,(H,37,40)/t20-,26?,27-/m0/s1. The third kappa shape index (κ3) is 4.62. The summed E-state index contributed by atoms with van der Waals surface area (Å²) in [5.41, 5.74) is 5.58. The molecule has 2 heterocycles. The highest BCUT2D eigenvalue weighted by Gasteiger charge is 2.47. The fourth-order valence-electron chi connectivity index (χ4n) is 7.31. The van der Waals surface area contributed by atoms with Crippen molar-refractivity contribution < 1.29 is 19.0 Å². The topological polar surface area (TPSA) is 82.6 Å². The van der Waals surface area contributed by atoms with Crippen LogP contribution in [0.2, 0.25) is 0 Å². The van der Waals surface area contributed by atoms with Gasteiger partial charge in [0.1, 0.15) is 22.8 Å². The van der Waals surface area contributed by atoms with E-state index in [0.29, 0.717) is 46.9 Å². The number of carbonyl (C=O) groups excluding carboxylic acids is 1. The number of nitrogens with one attached hydrogen (secondary N) is 1. The Hall–Kier alpha value is -4.39. The first kappa shape index (κ1) is 27.4. The van der Waals surface area contributed by atoms with Crippen LogP contribution in [0, 0.1) is 11.8 Å². The molecule has 1 aliphatic heterocycles. The van der Waals surface area contributed by atoms with Gasteiger partial charge in [-0.15, -0.1) is 0 Å². The molecule has 7 heteroatoms. The lowest BCUT2D eigenvalue weighted by molar-refractivity contribution is -0.0115. The number of hydrogen-bond acceptors (Lipinski definition) is 6. The fraction of sp³-hybridized carbons (Fsp3) is 0.361. The second-order valence-electron chi connectivity index (χ2n) is 12.6. The SMILES string of the molecule is COc1ccc(CNC(=O)c2ccc3nc4c5c(c6ccccc6c4nc3c2)OC(C)(C)[C@H]2CC[C@H](C)CC52)c(OC)c1. The quantitative estimate of drug-likeness (QED) is 0.172. The smallest absolute Gasteiger partial charge is 0.251 e. The van der Waals surface area contributed by atoms with Crippen molar-refractivity contribution in [2.75, 3.05) is 14.2 Å². The van der Waals surface area contributed by atoms with Crippen molar-refractivity contribution in [3.05, 3.63) is 77.4 Å². The maximum absolute atomic E-state index is 13.3. The third-order valence-corrected chi connectivity index (χ3v) is 9.53. The summed E-state index contributed by atoms with van der Waals surface area (Å²) in [6.07, 6.45) is 3.49. The minimum Gasteiger partial charge on any atom is -0.497 e. The maximum atomic E-state index is 13.3.